The van der Waals surface area contributed by atoms with Gasteiger partial charge in [0.1, 0.15) is 6.04 Å². The Kier molecular flexibility index (Phi) is 11.8. The molecular formula is C20H24N8Na2O5. The molecule has 0 aliphatic carbocycles. The number of nitrogens with one attached hydrogen (secondary N) is 1. The number of carbonyl (C=O) groups is 3. The largest absolute Gasteiger partial charge is 1.00 e. The number of fused-ring (bicyclic) bond motifs is 1. The molecule has 13 nitrogen and oxygen atoms in total. The van der Waals surface area contributed by atoms with Gasteiger partial charge in [0, 0.05) is 24.7 Å². The van der Waals surface area contributed by atoms with Crippen molar-refractivity contribution in [2.45, 2.75) is 25.4 Å². The van der Waals surface area contributed by atoms with Gasteiger partial charge in [0.15, 0.2) is 17.0 Å². The summed E-state index contributed by atoms with van der Waals surface area (Å²) in [7, 11) is 1.82. The van der Waals surface area contributed by atoms with Crippen LogP contribution in [-0.4, -0.2) is 61.1 Å². The quantitative estimate of drug-likeness (QED) is 0.174. The predicted molar refractivity (Wildman–Crippen MR) is 120 cm³/mol. The zero-order chi connectivity index (χ0) is 24.1. The van der Waals surface area contributed by atoms with Crippen molar-refractivity contribution in [2.24, 2.45) is 0 Å². The predicted octanol–water partition coefficient (Wildman–Crippen LogP) is -5.50. The molecule has 15 heteroatoms. The number of amides is 1. The second-order valence-electron chi connectivity index (χ2n) is 7.20. The minimum absolute atomic E-state index is 0. The van der Waals surface area contributed by atoms with E-state index in [0.717, 1.165) is 5.69 Å². The van der Waals surface area contributed by atoms with Gasteiger partial charge in [-0.15, -0.1) is 0 Å². The molecule has 0 fully saturated rings. The van der Waals surface area contributed by atoms with Crippen LogP contribution >= 0.6 is 0 Å². The van der Waals surface area contributed by atoms with Crippen LogP contribution in [0.15, 0.2) is 30.5 Å². The number of carboxylic acid groups (broad SMARTS) is 2. The summed E-state index contributed by atoms with van der Waals surface area (Å²) in [6.07, 6.45) is 0.964. The average Bonchev–Trinajstić information content (AvgIpc) is 2.76. The van der Waals surface area contributed by atoms with Gasteiger partial charge in [-0.3, -0.25) is 9.59 Å². The van der Waals surface area contributed by atoms with Crippen molar-refractivity contribution < 1.29 is 86.6 Å². The Hall–Kier alpha value is -2.55. The Morgan fingerprint density at radius 1 is 1.09 bits per heavy atom. The molecule has 0 saturated carbocycles. The standard InChI is InChI=1S/C20H22N8O5.2Na.2H/c1-28(9-11-8-23-17-15(24-11)16(21)26-20(22)27-17)12-4-2-10(3-5-12)18(31)25-13(19(32)33)6-7-14(29)30;;;;/h2-5,8,13H,6-7,9H2,1H3,(H,25,31)(H,29,30)(H,32,33)(H4,21,22,23,26,27);;;;/q;2*+1;2*-1. The first-order chi connectivity index (χ1) is 15.6. The van der Waals surface area contributed by atoms with Crippen molar-refractivity contribution in [3.05, 3.63) is 41.7 Å². The maximum Gasteiger partial charge on any atom is 1.00 e. The number of aliphatic carboxylic acids is 2. The number of carbonyl (C=O) groups excluding carboxylic acids is 1. The average molecular weight is 502 g/mol. The van der Waals surface area contributed by atoms with E-state index in [2.05, 4.69) is 25.3 Å². The fourth-order valence-electron chi connectivity index (χ4n) is 3.03. The first-order valence-corrected chi connectivity index (χ1v) is 9.75. The Bertz CT molecular complexity index is 1220. The molecule has 0 bridgehead atoms. The number of rotatable bonds is 9. The van der Waals surface area contributed by atoms with Crippen LogP contribution in [0.25, 0.3) is 11.2 Å². The minimum atomic E-state index is -1.30. The Labute approximate surface area is 247 Å². The first kappa shape index (κ1) is 30.5. The number of nitrogens with zero attached hydrogens (tertiary/aromatic N) is 5. The molecule has 1 aromatic carbocycles. The van der Waals surface area contributed by atoms with E-state index in [1.807, 2.05) is 11.9 Å². The van der Waals surface area contributed by atoms with E-state index in [-0.39, 0.29) is 92.1 Å². The number of carboxylic acids is 2. The van der Waals surface area contributed by atoms with Crippen molar-refractivity contribution in [1.29, 1.82) is 0 Å². The molecule has 0 saturated heterocycles. The third-order valence-electron chi connectivity index (χ3n) is 4.72. The molecule has 0 aliphatic heterocycles. The fourth-order valence-corrected chi connectivity index (χ4v) is 3.03. The molecule has 7 N–H and O–H groups in total. The summed E-state index contributed by atoms with van der Waals surface area (Å²) in [5, 5.41) is 20.2. The molecule has 2 heterocycles. The van der Waals surface area contributed by atoms with Gasteiger partial charge >= 0.3 is 71.1 Å². The number of benzene rings is 1. The normalized spacial score (nSPS) is 11.0. The number of aromatic nitrogens is 4. The van der Waals surface area contributed by atoms with E-state index in [1.165, 1.54) is 12.1 Å². The Morgan fingerprint density at radius 3 is 2.34 bits per heavy atom. The summed E-state index contributed by atoms with van der Waals surface area (Å²) in [4.78, 5) is 52.7. The van der Waals surface area contributed by atoms with E-state index in [0.29, 0.717) is 23.4 Å². The van der Waals surface area contributed by atoms with E-state index < -0.39 is 23.9 Å². The maximum atomic E-state index is 12.4. The van der Waals surface area contributed by atoms with E-state index in [1.54, 1.807) is 18.3 Å². The molecule has 3 rings (SSSR count). The summed E-state index contributed by atoms with van der Waals surface area (Å²) in [5.41, 5.74) is 13.7. The van der Waals surface area contributed by atoms with Gasteiger partial charge in [-0.1, -0.05) is 0 Å². The van der Waals surface area contributed by atoms with Crippen molar-refractivity contribution in [3.63, 3.8) is 0 Å². The zero-order valence-electron chi connectivity index (χ0n) is 21.6. The van der Waals surface area contributed by atoms with Crippen molar-refractivity contribution in [2.75, 3.05) is 23.4 Å². The van der Waals surface area contributed by atoms with Crippen LogP contribution in [0.5, 0.6) is 0 Å². The van der Waals surface area contributed by atoms with Crippen LogP contribution in [0.3, 0.4) is 0 Å². The molecule has 1 atom stereocenters. The van der Waals surface area contributed by atoms with Gasteiger partial charge in [-0.05, 0) is 30.7 Å². The minimum Gasteiger partial charge on any atom is -1.00 e. The Morgan fingerprint density at radius 2 is 1.74 bits per heavy atom. The molecule has 35 heavy (non-hydrogen) atoms. The van der Waals surface area contributed by atoms with Gasteiger partial charge in [0.05, 0.1) is 18.4 Å². The third kappa shape index (κ3) is 8.26. The molecule has 176 valence electrons. The van der Waals surface area contributed by atoms with Gasteiger partial charge < -0.3 is 34.8 Å². The SMILES string of the molecule is CN(Cc1cnc2nc(N)nc(N)c2n1)c1ccc(C(=O)NC(CCC(=O)O)C(=O)O)cc1.[H-].[H-].[Na+].[Na+]. The molecule has 2 aromatic heterocycles. The monoisotopic (exact) mass is 502 g/mol. The molecule has 1 amide bonds. The summed E-state index contributed by atoms with van der Waals surface area (Å²) in [6, 6.07) is 5.16. The number of hydrogen-bond acceptors (Lipinski definition) is 10. The molecule has 0 spiro atoms. The van der Waals surface area contributed by atoms with Crippen LogP contribution in [-0.2, 0) is 16.1 Å². The summed E-state index contributed by atoms with van der Waals surface area (Å²) >= 11 is 0. The number of hydrogen-bond donors (Lipinski definition) is 5. The number of anilines is 3. The summed E-state index contributed by atoms with van der Waals surface area (Å²) in [6.45, 7) is 0.370. The van der Waals surface area contributed by atoms with Gasteiger partial charge in [0.25, 0.3) is 5.91 Å². The molecule has 1 unspecified atom stereocenters. The van der Waals surface area contributed by atoms with Crippen molar-refractivity contribution in [3.8, 4) is 0 Å². The van der Waals surface area contributed by atoms with Crippen LogP contribution in [0, 0.1) is 0 Å². The van der Waals surface area contributed by atoms with Crippen molar-refractivity contribution >= 4 is 46.5 Å². The van der Waals surface area contributed by atoms with E-state index in [4.69, 9.17) is 16.6 Å². The fraction of sp³-hybridized carbons (Fsp3) is 0.250. The number of nitrogen functional groups attached to an aromatic ring is 2. The Balaban J connectivity index is 0. The van der Waals surface area contributed by atoms with Crippen molar-refractivity contribution in [1.82, 2.24) is 25.3 Å². The summed E-state index contributed by atoms with van der Waals surface area (Å²) < 4.78 is 0. The molecule has 3 aromatic rings. The zero-order valence-corrected chi connectivity index (χ0v) is 23.6. The van der Waals surface area contributed by atoms with Crippen LogP contribution in [0.2, 0.25) is 0 Å². The molecule has 0 radical (unpaired) electrons. The number of nitrogens with two attached hydrogens (primary N) is 2. The smallest absolute Gasteiger partial charge is 1.00 e. The first-order valence-electron chi connectivity index (χ1n) is 9.75. The van der Waals surface area contributed by atoms with Gasteiger partial charge in [-0.25, -0.2) is 14.8 Å². The second kappa shape index (κ2) is 13.5. The second-order valence-corrected chi connectivity index (χ2v) is 7.20. The topological polar surface area (TPSA) is 211 Å². The molecular weight excluding hydrogens is 478 g/mol. The maximum absolute atomic E-state index is 12.4. The van der Waals surface area contributed by atoms with Gasteiger partial charge in [0.2, 0.25) is 5.95 Å². The summed E-state index contributed by atoms with van der Waals surface area (Å²) in [5.74, 6) is -2.91. The van der Waals surface area contributed by atoms with Crippen LogP contribution in [0.4, 0.5) is 17.5 Å². The van der Waals surface area contributed by atoms with Crippen LogP contribution < -0.4 is 80.8 Å². The third-order valence-corrected chi connectivity index (χ3v) is 4.72. The van der Waals surface area contributed by atoms with E-state index >= 15 is 0 Å². The molecule has 0 aliphatic rings. The van der Waals surface area contributed by atoms with Gasteiger partial charge in [-0.2, -0.15) is 9.97 Å². The van der Waals surface area contributed by atoms with Crippen LogP contribution in [0.1, 0.15) is 31.7 Å². The van der Waals surface area contributed by atoms with E-state index in [9.17, 15) is 19.5 Å².